The minimum absolute atomic E-state index is 0. The van der Waals surface area contributed by atoms with Crippen LogP contribution < -0.4 is 31.0 Å². The number of nitrogens with zero attached hydrogens (tertiary/aromatic N) is 3. The minimum Gasteiger partial charge on any atom is -1.00 e. The fraction of sp³-hybridized carbons (Fsp3) is 0.160. The molecular weight excluding hydrogens is 486 g/mol. The number of nitro groups is 1. The number of fused-ring (bicyclic) bond motifs is 3. The number of hydrogen-bond acceptors (Lipinski definition) is 4. The van der Waals surface area contributed by atoms with Crippen LogP contribution in [0.1, 0.15) is 11.4 Å². The normalized spacial score (nSPS) is 11.7. The van der Waals surface area contributed by atoms with Crippen LogP contribution in [-0.4, -0.2) is 23.7 Å². The number of ether oxygens (including phenoxy) is 2. The zero-order chi connectivity index (χ0) is 22.2. The number of benzene rings is 3. The van der Waals surface area contributed by atoms with Gasteiger partial charge >= 0.3 is 0 Å². The molecule has 0 amide bonds. The SMILES string of the molecule is COc1ccc(-n2c(-c3ccc([N+](=O)[O-])cc3)c[n+]3c2CCc2ccccc2-3)c(OC)c1.[Br-]. The van der Waals surface area contributed by atoms with Gasteiger partial charge in [0.2, 0.25) is 0 Å². The summed E-state index contributed by atoms with van der Waals surface area (Å²) in [4.78, 5) is 10.8. The summed E-state index contributed by atoms with van der Waals surface area (Å²) in [7, 11) is 3.27. The molecule has 2 heterocycles. The zero-order valence-electron chi connectivity index (χ0n) is 18.2. The monoisotopic (exact) mass is 507 g/mol. The second kappa shape index (κ2) is 9.07. The predicted molar refractivity (Wildman–Crippen MR) is 120 cm³/mol. The van der Waals surface area contributed by atoms with Gasteiger partial charge in [0.25, 0.3) is 11.5 Å². The van der Waals surface area contributed by atoms with Crippen molar-refractivity contribution < 1.29 is 35.9 Å². The number of methoxy groups -OCH3 is 2. The minimum atomic E-state index is -0.384. The first-order valence-electron chi connectivity index (χ1n) is 10.3. The molecule has 0 saturated heterocycles. The summed E-state index contributed by atoms with van der Waals surface area (Å²) >= 11 is 0. The van der Waals surface area contributed by atoms with Gasteiger partial charge in [0, 0.05) is 23.8 Å². The third-order valence-corrected chi connectivity index (χ3v) is 5.90. The molecule has 0 unspecified atom stereocenters. The quantitative estimate of drug-likeness (QED) is 0.233. The van der Waals surface area contributed by atoms with Crippen LogP contribution in [0.15, 0.2) is 72.9 Å². The van der Waals surface area contributed by atoms with Crippen LogP contribution in [-0.2, 0) is 12.8 Å². The van der Waals surface area contributed by atoms with E-state index in [0.717, 1.165) is 41.3 Å². The van der Waals surface area contributed by atoms with E-state index in [9.17, 15) is 10.1 Å². The molecule has 1 aromatic heterocycles. The summed E-state index contributed by atoms with van der Waals surface area (Å²) in [6.07, 6.45) is 3.87. The standard InChI is InChI=1S/C25H22N3O4.BrH/c1-31-20-12-13-22(24(15-20)32-2)27-23(18-7-10-19(11-8-18)28(29)30)16-26-21-6-4-3-5-17(21)9-14-25(26)27;/h3-8,10-13,15-16H,9,14H2,1-2H3;1H/q+1;/p-1. The Kier molecular flexibility index (Phi) is 6.20. The lowest BCUT2D eigenvalue weighted by molar-refractivity contribution is -0.606. The maximum absolute atomic E-state index is 11.1. The Morgan fingerprint density at radius 3 is 2.42 bits per heavy atom. The highest BCUT2D eigenvalue weighted by Crippen LogP contribution is 2.35. The number of imidazole rings is 1. The summed E-state index contributed by atoms with van der Waals surface area (Å²) in [6, 6.07) is 20.8. The zero-order valence-corrected chi connectivity index (χ0v) is 19.8. The van der Waals surface area contributed by atoms with E-state index in [1.54, 1.807) is 26.4 Å². The summed E-state index contributed by atoms with van der Waals surface area (Å²) in [5.74, 6) is 2.51. The van der Waals surface area contributed by atoms with Crippen molar-refractivity contribution in [3.63, 3.8) is 0 Å². The van der Waals surface area contributed by atoms with Gasteiger partial charge in [-0.2, -0.15) is 9.13 Å². The number of para-hydroxylation sites is 1. The lowest BCUT2D eigenvalue weighted by atomic mass is 10.0. The summed E-state index contributed by atoms with van der Waals surface area (Å²) in [5, 5.41) is 11.1. The first kappa shape index (κ1) is 22.5. The molecule has 0 bridgehead atoms. The first-order valence-corrected chi connectivity index (χ1v) is 10.3. The van der Waals surface area contributed by atoms with E-state index in [2.05, 4.69) is 33.5 Å². The maximum Gasteiger partial charge on any atom is 0.269 e. The van der Waals surface area contributed by atoms with E-state index in [0.29, 0.717) is 11.5 Å². The van der Waals surface area contributed by atoms with Crippen LogP contribution in [0.2, 0.25) is 0 Å². The fourth-order valence-corrected chi connectivity index (χ4v) is 4.34. The van der Waals surface area contributed by atoms with E-state index < -0.39 is 0 Å². The molecule has 5 rings (SSSR count). The van der Waals surface area contributed by atoms with Gasteiger partial charge in [0.15, 0.2) is 17.1 Å². The summed E-state index contributed by atoms with van der Waals surface area (Å²) in [5.41, 5.74) is 5.19. The van der Waals surface area contributed by atoms with Crippen LogP contribution in [0.25, 0.3) is 22.6 Å². The van der Waals surface area contributed by atoms with Gasteiger partial charge in [0.05, 0.1) is 25.6 Å². The molecule has 0 N–H and O–H groups in total. The molecule has 0 atom stereocenters. The largest absolute Gasteiger partial charge is 1.00 e. The fourth-order valence-electron chi connectivity index (χ4n) is 4.34. The van der Waals surface area contributed by atoms with Gasteiger partial charge in [-0.05, 0) is 42.3 Å². The third-order valence-electron chi connectivity index (χ3n) is 5.90. The van der Waals surface area contributed by atoms with E-state index in [4.69, 9.17) is 9.47 Å². The topological polar surface area (TPSA) is 70.4 Å². The number of hydrogen-bond donors (Lipinski definition) is 0. The Balaban J connectivity index is 0.00000259. The average Bonchev–Trinajstić information content (AvgIpc) is 3.23. The molecule has 0 saturated carbocycles. The van der Waals surface area contributed by atoms with Crippen LogP contribution in [0.4, 0.5) is 5.69 Å². The van der Waals surface area contributed by atoms with Crippen LogP contribution in [0.5, 0.6) is 11.5 Å². The van der Waals surface area contributed by atoms with Crippen molar-refractivity contribution >= 4 is 5.69 Å². The van der Waals surface area contributed by atoms with Crippen molar-refractivity contribution in [2.24, 2.45) is 0 Å². The van der Waals surface area contributed by atoms with Crippen LogP contribution in [0.3, 0.4) is 0 Å². The highest BCUT2D eigenvalue weighted by atomic mass is 79.9. The molecule has 3 aromatic carbocycles. The molecule has 8 heteroatoms. The predicted octanol–water partition coefficient (Wildman–Crippen LogP) is 1.45. The molecule has 0 radical (unpaired) electrons. The summed E-state index contributed by atoms with van der Waals surface area (Å²) < 4.78 is 15.5. The number of non-ortho nitro benzene ring substituents is 1. The van der Waals surface area contributed by atoms with Gasteiger partial charge in [-0.15, -0.1) is 0 Å². The first-order chi connectivity index (χ1) is 15.6. The van der Waals surface area contributed by atoms with Crippen molar-refractivity contribution in [3.05, 3.63) is 94.4 Å². The van der Waals surface area contributed by atoms with Crippen molar-refractivity contribution in [1.82, 2.24) is 4.57 Å². The Labute approximate surface area is 201 Å². The van der Waals surface area contributed by atoms with E-state index in [-0.39, 0.29) is 27.6 Å². The van der Waals surface area contributed by atoms with Crippen molar-refractivity contribution in [2.75, 3.05) is 14.2 Å². The number of rotatable bonds is 5. The molecule has 33 heavy (non-hydrogen) atoms. The molecule has 1 aliphatic rings. The number of nitro benzene ring substituents is 1. The van der Waals surface area contributed by atoms with Gasteiger partial charge in [-0.25, -0.2) is 0 Å². The van der Waals surface area contributed by atoms with E-state index in [1.165, 1.54) is 17.7 Å². The van der Waals surface area contributed by atoms with Gasteiger partial charge in [-0.1, -0.05) is 18.2 Å². The highest BCUT2D eigenvalue weighted by Gasteiger charge is 2.32. The molecule has 7 nitrogen and oxygen atoms in total. The average molecular weight is 508 g/mol. The Morgan fingerprint density at radius 2 is 1.73 bits per heavy atom. The van der Waals surface area contributed by atoms with Crippen molar-refractivity contribution in [3.8, 4) is 34.1 Å². The van der Waals surface area contributed by atoms with Crippen LogP contribution in [0, 0.1) is 10.1 Å². The third kappa shape index (κ3) is 3.87. The molecular formula is C25H22BrN3O4. The smallest absolute Gasteiger partial charge is 0.269 e. The molecule has 0 fully saturated rings. The lowest BCUT2D eigenvalue weighted by Gasteiger charge is -2.15. The second-order valence-electron chi connectivity index (χ2n) is 7.61. The number of halogens is 1. The van der Waals surface area contributed by atoms with Crippen molar-refractivity contribution in [2.45, 2.75) is 12.8 Å². The van der Waals surface area contributed by atoms with Gasteiger partial charge in [-0.3, -0.25) is 10.1 Å². The molecule has 1 aliphatic heterocycles. The molecule has 0 spiro atoms. The Morgan fingerprint density at radius 1 is 0.970 bits per heavy atom. The Hall–Kier alpha value is -3.65. The second-order valence-corrected chi connectivity index (χ2v) is 7.61. The highest BCUT2D eigenvalue weighted by molar-refractivity contribution is 5.66. The van der Waals surface area contributed by atoms with Crippen molar-refractivity contribution in [1.29, 1.82) is 0 Å². The molecule has 0 aliphatic carbocycles. The Bertz CT molecular complexity index is 1330. The van der Waals surface area contributed by atoms with E-state index >= 15 is 0 Å². The summed E-state index contributed by atoms with van der Waals surface area (Å²) in [6.45, 7) is 0. The van der Waals surface area contributed by atoms with E-state index in [1.807, 2.05) is 24.3 Å². The maximum atomic E-state index is 11.1. The number of aryl methyl sites for hydroxylation is 1. The van der Waals surface area contributed by atoms with Gasteiger partial charge < -0.3 is 26.5 Å². The van der Waals surface area contributed by atoms with Gasteiger partial charge in [0.1, 0.15) is 17.6 Å². The molecule has 168 valence electrons. The molecule has 4 aromatic rings. The lowest BCUT2D eigenvalue weighted by Crippen LogP contribution is -3.00. The number of aromatic nitrogens is 2. The van der Waals surface area contributed by atoms with Crippen LogP contribution >= 0.6 is 0 Å².